The van der Waals surface area contributed by atoms with Crippen molar-refractivity contribution < 1.29 is 52.8 Å². The smallest absolute Gasteiger partial charge is 0.335 e. The summed E-state index contributed by atoms with van der Waals surface area (Å²) in [5.41, 5.74) is 7.15. The number of aliphatic hydroxyl groups is 1. The number of hydrogen-bond acceptors (Lipinski definition) is 12. The Bertz CT molecular complexity index is 1710. The summed E-state index contributed by atoms with van der Waals surface area (Å²) in [5, 5.41) is 24.2. The Morgan fingerprint density at radius 1 is 1.06 bits per heavy atom. The average Bonchev–Trinajstić information content (AvgIpc) is 3.81. The van der Waals surface area contributed by atoms with Crippen LogP contribution in [0.1, 0.15) is 109 Å². The maximum atomic E-state index is 13.2. The highest BCUT2D eigenvalue weighted by molar-refractivity contribution is 5.83. The molecule has 1 amide bonds. The minimum absolute atomic E-state index is 0.0355. The number of epoxide rings is 1. The third-order valence-electron chi connectivity index (χ3n) is 13.3. The van der Waals surface area contributed by atoms with Crippen LogP contribution < -0.4 is 22.4 Å². The molecule has 0 aromatic carbocycles. The molecule has 0 radical (unpaired) electrons. The topological polar surface area (TPSA) is 263 Å². The van der Waals surface area contributed by atoms with Gasteiger partial charge in [0.05, 0.1) is 17.3 Å². The number of carboxylic acids is 1. The lowest BCUT2D eigenvalue weighted by atomic mass is 9.42. The standard InChI is InChI=1S/C38H52N4O12/c1-21(44)52-31-30(22-9-10-28(46)51-19-22)35(2)14-12-24-25(38(35)32(31)54-38)13-16-37(50)18-23(11-15-36(24,37)20-43)53-29(47)8-4-3-7-27(45)42-26(33(48)49)6-5-17-41-34(39)40/h9-10,19-20,23-26,30-32,50H,3-8,11-18H2,1-2H3,(H,42,45)(H,48,49)(H4,39,40,41). The highest BCUT2D eigenvalue weighted by atomic mass is 16.7. The predicted molar refractivity (Wildman–Crippen MR) is 190 cm³/mol. The third-order valence-corrected chi connectivity index (χ3v) is 13.3. The summed E-state index contributed by atoms with van der Waals surface area (Å²) in [7, 11) is 0. The van der Waals surface area contributed by atoms with Gasteiger partial charge in [-0.3, -0.25) is 19.4 Å². The Labute approximate surface area is 312 Å². The van der Waals surface area contributed by atoms with E-state index >= 15 is 0 Å². The molecule has 1 spiro atoms. The van der Waals surface area contributed by atoms with E-state index in [0.717, 1.165) is 11.8 Å². The van der Waals surface area contributed by atoms with Crippen LogP contribution in [0.2, 0.25) is 0 Å². The predicted octanol–water partition coefficient (Wildman–Crippen LogP) is 1.83. The van der Waals surface area contributed by atoms with Gasteiger partial charge in [0.2, 0.25) is 5.91 Å². The van der Waals surface area contributed by atoms with E-state index in [2.05, 4.69) is 17.2 Å². The zero-order valence-corrected chi connectivity index (χ0v) is 30.8. The van der Waals surface area contributed by atoms with Gasteiger partial charge in [0, 0.05) is 50.1 Å². The number of unbranched alkanes of at least 4 members (excludes halogenated alkanes) is 1. The summed E-state index contributed by atoms with van der Waals surface area (Å²) >= 11 is 0. The van der Waals surface area contributed by atoms with E-state index in [1.807, 2.05) is 0 Å². The van der Waals surface area contributed by atoms with E-state index in [-0.39, 0.29) is 55.9 Å². The largest absolute Gasteiger partial charge is 0.480 e. The first kappa shape index (κ1) is 39.4. The van der Waals surface area contributed by atoms with Crippen LogP contribution in [0.5, 0.6) is 0 Å². The Kier molecular flexibility index (Phi) is 11.0. The van der Waals surface area contributed by atoms with Gasteiger partial charge in [-0.2, -0.15) is 0 Å². The van der Waals surface area contributed by atoms with Gasteiger partial charge in [-0.1, -0.05) is 6.92 Å². The summed E-state index contributed by atoms with van der Waals surface area (Å²) in [6.07, 6.45) is 5.04. The first-order chi connectivity index (χ1) is 25.6. The third kappa shape index (κ3) is 6.91. The van der Waals surface area contributed by atoms with Gasteiger partial charge in [0.25, 0.3) is 0 Å². The monoisotopic (exact) mass is 756 g/mol. The highest BCUT2D eigenvalue weighted by Gasteiger charge is 2.85. The molecule has 16 nitrogen and oxygen atoms in total. The number of rotatable bonds is 15. The molecule has 0 bridgehead atoms. The van der Waals surface area contributed by atoms with Crippen molar-refractivity contribution in [3.05, 3.63) is 34.4 Å². The van der Waals surface area contributed by atoms with Crippen molar-refractivity contribution in [3.8, 4) is 0 Å². The lowest BCUT2D eigenvalue weighted by Crippen LogP contribution is -2.67. The van der Waals surface area contributed by atoms with Gasteiger partial charge in [-0.25, -0.2) is 9.59 Å². The molecular formula is C38H52N4O12. The molecule has 6 rings (SSSR count). The molecule has 4 aliphatic carbocycles. The second kappa shape index (κ2) is 15.1. The SMILES string of the molecule is CC(=O)OC1C(c2ccc(=O)oc2)C2(C)CCC3C(CCC4(O)CC(OC(=O)CCCCC(=O)NC(CCCN=C(N)N)C(=O)O)CCC34C=O)C23OC13. The lowest BCUT2D eigenvalue weighted by Gasteiger charge is -2.62. The van der Waals surface area contributed by atoms with Gasteiger partial charge >= 0.3 is 23.5 Å². The number of carbonyl (C=O) groups excluding carboxylic acids is 4. The number of aldehydes is 1. The summed E-state index contributed by atoms with van der Waals surface area (Å²) in [6, 6.07) is 2.00. The lowest BCUT2D eigenvalue weighted by molar-refractivity contribution is -0.223. The minimum atomic E-state index is -1.40. The molecule has 296 valence electrons. The number of nitrogens with zero attached hydrogens (tertiary/aromatic N) is 1. The number of esters is 2. The second-order valence-corrected chi connectivity index (χ2v) is 16.1. The zero-order chi connectivity index (χ0) is 39.1. The van der Waals surface area contributed by atoms with Gasteiger partial charge in [0.1, 0.15) is 36.2 Å². The van der Waals surface area contributed by atoms with Crippen LogP contribution in [0.15, 0.2) is 32.6 Å². The molecule has 2 heterocycles. The van der Waals surface area contributed by atoms with Crippen molar-refractivity contribution in [2.45, 2.75) is 139 Å². The van der Waals surface area contributed by atoms with Gasteiger partial charge in [-0.05, 0) is 87.7 Å². The average molecular weight is 757 g/mol. The van der Waals surface area contributed by atoms with Gasteiger partial charge in [-0.15, -0.1) is 0 Å². The molecule has 4 saturated carbocycles. The molecule has 5 aliphatic rings. The summed E-state index contributed by atoms with van der Waals surface area (Å²) in [4.78, 5) is 78.0. The molecule has 54 heavy (non-hydrogen) atoms. The van der Waals surface area contributed by atoms with Crippen molar-refractivity contribution in [1.29, 1.82) is 0 Å². The normalized spacial score (nSPS) is 36.5. The van der Waals surface area contributed by atoms with E-state index in [9.17, 15) is 39.0 Å². The number of ether oxygens (including phenoxy) is 3. The molecule has 11 unspecified atom stereocenters. The van der Waals surface area contributed by atoms with Gasteiger partial charge < -0.3 is 50.4 Å². The fourth-order valence-electron chi connectivity index (χ4n) is 11.0. The quantitative estimate of drug-likeness (QED) is 0.0427. The van der Waals surface area contributed by atoms with Crippen LogP contribution >= 0.6 is 0 Å². The van der Waals surface area contributed by atoms with E-state index in [0.29, 0.717) is 57.8 Å². The maximum absolute atomic E-state index is 13.2. The number of carboxylic acid groups (broad SMARTS) is 1. The first-order valence-electron chi connectivity index (χ1n) is 19.0. The Morgan fingerprint density at radius 3 is 2.46 bits per heavy atom. The Morgan fingerprint density at radius 2 is 1.80 bits per heavy atom. The number of aliphatic imine (C=N–C) groups is 1. The first-order valence-corrected chi connectivity index (χ1v) is 19.0. The van der Waals surface area contributed by atoms with Crippen LogP contribution in [-0.2, 0) is 38.2 Å². The number of amides is 1. The highest BCUT2D eigenvalue weighted by Crippen LogP contribution is 2.78. The van der Waals surface area contributed by atoms with Crippen molar-refractivity contribution in [3.63, 3.8) is 0 Å². The molecule has 1 aromatic rings. The number of hydrogen-bond donors (Lipinski definition) is 5. The fourth-order valence-corrected chi connectivity index (χ4v) is 11.0. The van der Waals surface area contributed by atoms with E-state index in [1.54, 1.807) is 6.07 Å². The number of guanidine groups is 1. The molecule has 5 fully saturated rings. The van der Waals surface area contributed by atoms with Crippen molar-refractivity contribution in [1.82, 2.24) is 5.32 Å². The zero-order valence-electron chi connectivity index (χ0n) is 30.8. The van der Waals surface area contributed by atoms with Crippen LogP contribution in [0.3, 0.4) is 0 Å². The summed E-state index contributed by atoms with van der Waals surface area (Å²) in [6.45, 7) is 3.73. The molecule has 1 aliphatic heterocycles. The maximum Gasteiger partial charge on any atom is 0.335 e. The van der Waals surface area contributed by atoms with Crippen LogP contribution in [0.4, 0.5) is 0 Å². The van der Waals surface area contributed by atoms with Crippen molar-refractivity contribution in [2.24, 2.45) is 39.1 Å². The van der Waals surface area contributed by atoms with E-state index < -0.39 is 75.8 Å². The summed E-state index contributed by atoms with van der Waals surface area (Å²) in [5.74, 6) is -3.21. The Balaban J connectivity index is 1.05. The Hall–Kier alpha value is -4.31. The number of nitrogens with one attached hydrogen (secondary N) is 1. The molecule has 1 saturated heterocycles. The van der Waals surface area contributed by atoms with Crippen LogP contribution in [0, 0.1) is 22.7 Å². The number of carbonyl (C=O) groups is 5. The molecule has 16 heteroatoms. The minimum Gasteiger partial charge on any atom is -0.480 e. The van der Waals surface area contributed by atoms with E-state index in [1.165, 1.54) is 19.3 Å². The molecule has 11 atom stereocenters. The summed E-state index contributed by atoms with van der Waals surface area (Å²) < 4.78 is 23.6. The molecule has 1 aromatic heterocycles. The van der Waals surface area contributed by atoms with Crippen molar-refractivity contribution in [2.75, 3.05) is 6.54 Å². The fraction of sp³-hybridized carbons (Fsp3) is 0.711. The molecule has 7 N–H and O–H groups in total. The van der Waals surface area contributed by atoms with Crippen molar-refractivity contribution >= 4 is 36.1 Å². The number of fused-ring (bicyclic) bond motifs is 3. The second-order valence-electron chi connectivity index (χ2n) is 16.1. The number of nitrogens with two attached hydrogens (primary N) is 2. The van der Waals surface area contributed by atoms with E-state index in [4.69, 9.17) is 30.1 Å². The van der Waals surface area contributed by atoms with Crippen LogP contribution in [0.25, 0.3) is 0 Å². The van der Waals surface area contributed by atoms with Crippen LogP contribution in [-0.4, -0.2) is 88.4 Å². The van der Waals surface area contributed by atoms with Gasteiger partial charge in [0.15, 0.2) is 5.96 Å². The number of aliphatic carboxylic acids is 1. The molecular weight excluding hydrogens is 704 g/mol.